The van der Waals surface area contributed by atoms with Crippen molar-refractivity contribution >= 4 is 0 Å². The summed E-state index contributed by atoms with van der Waals surface area (Å²) in [5.74, 6) is 0.303. The second-order valence-electron chi connectivity index (χ2n) is 4.48. The van der Waals surface area contributed by atoms with Crippen molar-refractivity contribution in [1.29, 1.82) is 0 Å². The lowest BCUT2D eigenvalue weighted by Gasteiger charge is -2.21. The van der Waals surface area contributed by atoms with Gasteiger partial charge in [-0.25, -0.2) is 0 Å². The van der Waals surface area contributed by atoms with E-state index in [1.54, 1.807) is 0 Å². The molecule has 0 unspecified atom stereocenters. The molecule has 0 spiro atoms. The Labute approximate surface area is 108 Å². The molecular weight excluding hydrogens is 263 g/mol. The average Bonchev–Trinajstić information content (AvgIpc) is 2.82. The molecule has 0 radical (unpaired) electrons. The fraction of sp³-hybridized carbons (Fsp3) is 0.818. The van der Waals surface area contributed by atoms with Crippen molar-refractivity contribution in [3.05, 3.63) is 11.7 Å². The van der Waals surface area contributed by atoms with Crippen LogP contribution in [0.3, 0.4) is 0 Å². The van der Waals surface area contributed by atoms with E-state index >= 15 is 0 Å². The number of halogens is 3. The highest BCUT2D eigenvalue weighted by atomic mass is 19.4. The number of rotatable bonds is 5. The number of piperidine rings is 1. The molecule has 5 nitrogen and oxygen atoms in total. The highest BCUT2D eigenvalue weighted by molar-refractivity contribution is 4.86. The molecule has 1 aromatic heterocycles. The molecule has 1 aliphatic heterocycles. The van der Waals surface area contributed by atoms with Gasteiger partial charge in [-0.1, -0.05) is 5.16 Å². The molecule has 8 heteroatoms. The first-order valence-corrected chi connectivity index (χ1v) is 6.23. The van der Waals surface area contributed by atoms with Gasteiger partial charge in [-0.3, -0.25) is 0 Å². The maximum atomic E-state index is 12.0. The summed E-state index contributed by atoms with van der Waals surface area (Å²) in [6, 6.07) is 0. The topological polar surface area (TPSA) is 60.2 Å². The van der Waals surface area contributed by atoms with Gasteiger partial charge in [0.2, 0.25) is 0 Å². The van der Waals surface area contributed by atoms with Crippen LogP contribution in [-0.4, -0.2) is 35.5 Å². The molecule has 1 aliphatic rings. The third-order valence-electron chi connectivity index (χ3n) is 2.87. The van der Waals surface area contributed by atoms with Gasteiger partial charge in [-0.15, -0.1) is 0 Å². The van der Waals surface area contributed by atoms with Crippen LogP contribution in [0, 0.1) is 0 Å². The molecule has 0 aromatic carbocycles. The molecule has 108 valence electrons. The van der Waals surface area contributed by atoms with Gasteiger partial charge in [0.25, 0.3) is 5.89 Å². The smallest absolute Gasteiger partial charge is 0.368 e. The summed E-state index contributed by atoms with van der Waals surface area (Å²) in [7, 11) is 0. The summed E-state index contributed by atoms with van der Waals surface area (Å²) in [6.07, 6.45) is -3.44. The van der Waals surface area contributed by atoms with Crippen LogP contribution in [0.15, 0.2) is 4.52 Å². The molecule has 1 N–H and O–H groups in total. The quantitative estimate of drug-likeness (QED) is 0.891. The van der Waals surface area contributed by atoms with Gasteiger partial charge in [0.15, 0.2) is 5.82 Å². The number of hydrogen-bond acceptors (Lipinski definition) is 5. The third-order valence-corrected chi connectivity index (χ3v) is 2.87. The number of hydrogen-bond donors (Lipinski definition) is 1. The molecule has 1 aromatic rings. The van der Waals surface area contributed by atoms with Crippen LogP contribution in [0.25, 0.3) is 0 Å². The zero-order chi connectivity index (χ0) is 13.7. The number of nitrogens with zero attached hydrogens (tertiary/aromatic N) is 2. The molecule has 0 bridgehead atoms. The Balaban J connectivity index is 1.74. The summed E-state index contributed by atoms with van der Waals surface area (Å²) in [6.45, 7) is 1.97. The Bertz CT molecular complexity index is 389. The molecule has 2 heterocycles. The van der Waals surface area contributed by atoms with Crippen LogP contribution >= 0.6 is 0 Å². The van der Waals surface area contributed by atoms with E-state index in [-0.39, 0.29) is 30.8 Å². The highest BCUT2D eigenvalue weighted by Crippen LogP contribution is 2.21. The Morgan fingerprint density at radius 1 is 1.32 bits per heavy atom. The fourth-order valence-corrected chi connectivity index (χ4v) is 1.86. The molecule has 0 atom stereocenters. The lowest BCUT2D eigenvalue weighted by molar-refractivity contribution is -0.134. The van der Waals surface area contributed by atoms with E-state index in [0.29, 0.717) is 0 Å². The highest BCUT2D eigenvalue weighted by Gasteiger charge is 2.27. The molecular formula is C11H16F3N3O2. The SMILES string of the molecule is FC(F)(F)CCc1noc(COC2CCNCC2)n1. The Morgan fingerprint density at radius 2 is 2.05 bits per heavy atom. The van der Waals surface area contributed by atoms with Crippen molar-refractivity contribution in [3.63, 3.8) is 0 Å². The second kappa shape index (κ2) is 6.33. The third kappa shape index (κ3) is 5.15. The summed E-state index contributed by atoms with van der Waals surface area (Å²) < 4.78 is 46.5. The summed E-state index contributed by atoms with van der Waals surface area (Å²) in [5, 5.41) is 6.71. The monoisotopic (exact) mass is 279 g/mol. The predicted molar refractivity (Wildman–Crippen MR) is 59.4 cm³/mol. The Kier molecular flexibility index (Phi) is 4.76. The van der Waals surface area contributed by atoms with Crippen LogP contribution < -0.4 is 5.32 Å². The Hall–Kier alpha value is -1.15. The van der Waals surface area contributed by atoms with Gasteiger partial charge in [0.1, 0.15) is 6.61 Å². The van der Waals surface area contributed by atoms with Crippen LogP contribution in [0.5, 0.6) is 0 Å². The van der Waals surface area contributed by atoms with Crippen molar-refractivity contribution in [3.8, 4) is 0 Å². The molecule has 2 rings (SSSR count). The maximum Gasteiger partial charge on any atom is 0.389 e. The lowest BCUT2D eigenvalue weighted by atomic mass is 10.1. The zero-order valence-electron chi connectivity index (χ0n) is 10.4. The van der Waals surface area contributed by atoms with E-state index in [1.165, 1.54) is 0 Å². The van der Waals surface area contributed by atoms with Crippen LogP contribution in [0.4, 0.5) is 13.2 Å². The number of aromatic nitrogens is 2. The zero-order valence-corrected chi connectivity index (χ0v) is 10.4. The second-order valence-corrected chi connectivity index (χ2v) is 4.48. The molecule has 0 aliphatic carbocycles. The van der Waals surface area contributed by atoms with Crippen LogP contribution in [0.1, 0.15) is 31.0 Å². The fourth-order valence-electron chi connectivity index (χ4n) is 1.86. The van der Waals surface area contributed by atoms with Crippen molar-refractivity contribution in [2.24, 2.45) is 0 Å². The van der Waals surface area contributed by atoms with E-state index in [1.807, 2.05) is 0 Å². The average molecular weight is 279 g/mol. The first-order valence-electron chi connectivity index (χ1n) is 6.23. The van der Waals surface area contributed by atoms with Crippen LogP contribution in [-0.2, 0) is 17.8 Å². The minimum atomic E-state index is -4.20. The summed E-state index contributed by atoms with van der Waals surface area (Å²) >= 11 is 0. The standard InChI is InChI=1S/C11H16F3N3O2/c12-11(13,14)4-1-9-16-10(19-17-9)7-18-8-2-5-15-6-3-8/h8,15H,1-7H2. The number of ether oxygens (including phenoxy) is 1. The van der Waals surface area contributed by atoms with E-state index in [2.05, 4.69) is 15.5 Å². The lowest BCUT2D eigenvalue weighted by Crippen LogP contribution is -2.32. The first-order chi connectivity index (χ1) is 9.03. The van der Waals surface area contributed by atoms with E-state index in [0.717, 1.165) is 25.9 Å². The van der Waals surface area contributed by atoms with E-state index in [9.17, 15) is 13.2 Å². The van der Waals surface area contributed by atoms with Crippen molar-refractivity contribution in [1.82, 2.24) is 15.5 Å². The van der Waals surface area contributed by atoms with E-state index < -0.39 is 12.6 Å². The van der Waals surface area contributed by atoms with Gasteiger partial charge in [-0.2, -0.15) is 18.2 Å². The first kappa shape index (κ1) is 14.3. The largest absolute Gasteiger partial charge is 0.389 e. The minimum absolute atomic E-state index is 0.0706. The van der Waals surface area contributed by atoms with E-state index in [4.69, 9.17) is 9.26 Å². The van der Waals surface area contributed by atoms with Crippen LogP contribution in [0.2, 0.25) is 0 Å². The van der Waals surface area contributed by atoms with Gasteiger partial charge in [0.05, 0.1) is 12.5 Å². The normalized spacial score (nSPS) is 17.8. The summed E-state index contributed by atoms with van der Waals surface area (Å²) in [5.41, 5.74) is 0. The van der Waals surface area contributed by atoms with Gasteiger partial charge >= 0.3 is 6.18 Å². The predicted octanol–water partition coefficient (Wildman–Crippen LogP) is 1.83. The maximum absolute atomic E-state index is 12.0. The molecule has 0 amide bonds. The minimum Gasteiger partial charge on any atom is -0.368 e. The van der Waals surface area contributed by atoms with Crippen molar-refractivity contribution in [2.45, 2.75) is 44.6 Å². The number of aryl methyl sites for hydroxylation is 1. The molecule has 1 fully saturated rings. The van der Waals surface area contributed by atoms with Gasteiger partial charge in [0, 0.05) is 6.42 Å². The van der Waals surface area contributed by atoms with Crippen molar-refractivity contribution in [2.75, 3.05) is 13.1 Å². The number of nitrogens with one attached hydrogen (secondary N) is 1. The molecule has 1 saturated heterocycles. The summed E-state index contributed by atoms with van der Waals surface area (Å²) in [4.78, 5) is 3.88. The van der Waals surface area contributed by atoms with Crippen molar-refractivity contribution < 1.29 is 22.4 Å². The van der Waals surface area contributed by atoms with Gasteiger partial charge < -0.3 is 14.6 Å². The van der Waals surface area contributed by atoms with Gasteiger partial charge in [-0.05, 0) is 25.9 Å². The molecule has 0 saturated carbocycles. The Morgan fingerprint density at radius 3 is 2.74 bits per heavy atom. The molecule has 19 heavy (non-hydrogen) atoms. The number of alkyl halides is 3.